The molecule has 0 radical (unpaired) electrons. The number of halogens is 3. The quantitative estimate of drug-likeness (QED) is 0.410. The zero-order valence-corrected chi connectivity index (χ0v) is 16.8. The van der Waals surface area contributed by atoms with Crippen LogP contribution in [0.1, 0.15) is 24.8 Å². The summed E-state index contributed by atoms with van der Waals surface area (Å²) >= 11 is 0. The minimum absolute atomic E-state index is 0.358. The number of hydrogen-bond donors (Lipinski definition) is 1. The van der Waals surface area contributed by atoms with E-state index in [1.165, 1.54) is 24.3 Å². The number of anilines is 1. The number of benzene rings is 3. The Hall–Kier alpha value is -3.81. The van der Waals surface area contributed by atoms with Crippen LogP contribution >= 0.6 is 0 Å². The molecule has 4 aromatic rings. The molecule has 0 bridgehead atoms. The first kappa shape index (κ1) is 20.1. The van der Waals surface area contributed by atoms with Crippen LogP contribution in [0.25, 0.3) is 22.2 Å². The predicted octanol–water partition coefficient (Wildman–Crippen LogP) is 6.28. The second kappa shape index (κ2) is 8.03. The Morgan fingerprint density at radius 1 is 1.00 bits per heavy atom. The number of hydrogen-bond acceptors (Lipinski definition) is 3. The average molecular weight is 437 g/mol. The molecule has 1 aliphatic heterocycles. The summed E-state index contributed by atoms with van der Waals surface area (Å²) in [5, 5.41) is 2.71. The highest BCUT2D eigenvalue weighted by Crippen LogP contribution is 2.35. The van der Waals surface area contributed by atoms with Gasteiger partial charge in [-0.05, 0) is 66.4 Å². The summed E-state index contributed by atoms with van der Waals surface area (Å²) in [7, 11) is 0. The van der Waals surface area contributed by atoms with Crippen LogP contribution in [0.15, 0.2) is 65.1 Å². The van der Waals surface area contributed by atoms with Crippen molar-refractivity contribution in [1.82, 2.24) is 9.88 Å². The smallest absolute Gasteiger partial charge is 0.322 e. The number of aromatic nitrogens is 1. The molecule has 0 spiro atoms. The number of nitrogens with one attached hydrogen (secondary N) is 1. The molecule has 1 saturated heterocycles. The molecule has 2 amide bonds. The summed E-state index contributed by atoms with van der Waals surface area (Å²) in [5.41, 5.74) is 2.65. The van der Waals surface area contributed by atoms with Gasteiger partial charge in [-0.3, -0.25) is 0 Å². The molecular weight excluding hydrogens is 419 g/mol. The fourth-order valence-corrected chi connectivity index (χ4v) is 3.97. The molecule has 1 atom stereocenters. The molecule has 0 saturated carbocycles. The molecule has 1 aliphatic rings. The van der Waals surface area contributed by atoms with E-state index < -0.39 is 17.5 Å². The Morgan fingerprint density at radius 3 is 2.62 bits per heavy atom. The van der Waals surface area contributed by atoms with E-state index in [4.69, 9.17) is 4.42 Å². The van der Waals surface area contributed by atoms with Gasteiger partial charge >= 0.3 is 6.03 Å². The van der Waals surface area contributed by atoms with Gasteiger partial charge in [0.25, 0.3) is 0 Å². The Labute approximate surface area is 181 Å². The molecule has 32 heavy (non-hydrogen) atoms. The summed E-state index contributed by atoms with van der Waals surface area (Å²) in [6, 6.07) is 13.9. The fourth-order valence-electron chi connectivity index (χ4n) is 3.97. The summed E-state index contributed by atoms with van der Waals surface area (Å²) in [6.45, 7) is 0.518. The highest BCUT2D eigenvalue weighted by molar-refractivity contribution is 5.90. The van der Waals surface area contributed by atoms with E-state index in [1.807, 2.05) is 0 Å². The van der Waals surface area contributed by atoms with Gasteiger partial charge in [-0.15, -0.1) is 0 Å². The lowest BCUT2D eigenvalue weighted by molar-refractivity contribution is 0.199. The molecule has 2 heterocycles. The van der Waals surface area contributed by atoms with Gasteiger partial charge < -0.3 is 14.6 Å². The van der Waals surface area contributed by atoms with Gasteiger partial charge in [-0.1, -0.05) is 18.2 Å². The van der Waals surface area contributed by atoms with E-state index in [9.17, 15) is 18.0 Å². The Balaban J connectivity index is 1.40. The number of nitrogens with zero attached hydrogens (tertiary/aromatic N) is 2. The van der Waals surface area contributed by atoms with Crippen LogP contribution in [0.2, 0.25) is 0 Å². The number of oxazole rings is 1. The van der Waals surface area contributed by atoms with Crippen molar-refractivity contribution in [3.63, 3.8) is 0 Å². The van der Waals surface area contributed by atoms with Crippen molar-refractivity contribution >= 4 is 22.8 Å². The van der Waals surface area contributed by atoms with Gasteiger partial charge in [0.2, 0.25) is 5.89 Å². The Bertz CT molecular complexity index is 1320. The number of carbonyl (C=O) groups is 1. The van der Waals surface area contributed by atoms with Gasteiger partial charge in [0.1, 0.15) is 17.4 Å². The predicted molar refractivity (Wildman–Crippen MR) is 113 cm³/mol. The average Bonchev–Trinajstić information content (AvgIpc) is 3.42. The highest BCUT2D eigenvalue weighted by atomic mass is 19.2. The molecule has 3 aromatic carbocycles. The monoisotopic (exact) mass is 437 g/mol. The molecule has 0 unspecified atom stereocenters. The molecule has 5 nitrogen and oxygen atoms in total. The highest BCUT2D eigenvalue weighted by Gasteiger charge is 2.33. The van der Waals surface area contributed by atoms with Crippen LogP contribution in [0.5, 0.6) is 0 Å². The van der Waals surface area contributed by atoms with Gasteiger partial charge in [-0.25, -0.2) is 22.9 Å². The number of amides is 2. The Kier molecular flexibility index (Phi) is 5.05. The molecule has 162 valence electrons. The lowest BCUT2D eigenvalue weighted by Gasteiger charge is -2.22. The second-order valence-corrected chi connectivity index (χ2v) is 7.66. The molecule has 0 aliphatic carbocycles. The summed E-state index contributed by atoms with van der Waals surface area (Å²) in [4.78, 5) is 19.0. The zero-order valence-electron chi connectivity index (χ0n) is 16.8. The topological polar surface area (TPSA) is 58.4 Å². The number of urea groups is 1. The minimum Gasteiger partial charge on any atom is -0.438 e. The van der Waals surface area contributed by atoms with E-state index in [-0.39, 0.29) is 12.1 Å². The van der Waals surface area contributed by atoms with Crippen molar-refractivity contribution < 1.29 is 22.4 Å². The zero-order chi connectivity index (χ0) is 22.2. The minimum atomic E-state index is -0.922. The van der Waals surface area contributed by atoms with Crippen LogP contribution in [0.3, 0.4) is 0 Å². The van der Waals surface area contributed by atoms with Gasteiger partial charge in [0, 0.05) is 12.2 Å². The van der Waals surface area contributed by atoms with Gasteiger partial charge in [-0.2, -0.15) is 0 Å². The van der Waals surface area contributed by atoms with Crippen LogP contribution in [-0.2, 0) is 0 Å². The third-order valence-electron chi connectivity index (χ3n) is 5.53. The van der Waals surface area contributed by atoms with Gasteiger partial charge in [0.15, 0.2) is 17.2 Å². The van der Waals surface area contributed by atoms with Crippen molar-refractivity contribution in [2.24, 2.45) is 0 Å². The first-order chi connectivity index (χ1) is 15.5. The van der Waals surface area contributed by atoms with Gasteiger partial charge in [0.05, 0.1) is 0 Å². The molecular formula is C24H18F3N3O2. The summed E-state index contributed by atoms with van der Waals surface area (Å²) in [5.74, 6) is -1.86. The first-order valence-corrected chi connectivity index (χ1v) is 10.2. The van der Waals surface area contributed by atoms with Crippen molar-refractivity contribution in [3.05, 3.63) is 84.0 Å². The van der Waals surface area contributed by atoms with Crippen LogP contribution < -0.4 is 5.32 Å². The maximum Gasteiger partial charge on any atom is 0.322 e. The SMILES string of the molecule is O=C(Nc1cccc(F)c1)N1CCC[C@@H]1c1nc2cc(-c3ccc(F)c(F)c3)ccc2o1. The van der Waals surface area contributed by atoms with E-state index in [1.54, 1.807) is 29.2 Å². The normalized spacial score (nSPS) is 16.0. The molecule has 1 fully saturated rings. The van der Waals surface area contributed by atoms with E-state index in [0.29, 0.717) is 46.8 Å². The molecule has 1 aromatic heterocycles. The Morgan fingerprint density at radius 2 is 1.81 bits per heavy atom. The van der Waals surface area contributed by atoms with Crippen molar-refractivity contribution in [1.29, 1.82) is 0 Å². The number of fused-ring (bicyclic) bond motifs is 1. The van der Waals surface area contributed by atoms with Crippen LogP contribution in [0.4, 0.5) is 23.7 Å². The number of carbonyl (C=O) groups excluding carboxylic acids is 1. The molecule has 8 heteroatoms. The third-order valence-corrected chi connectivity index (χ3v) is 5.53. The lowest BCUT2D eigenvalue weighted by Crippen LogP contribution is -2.34. The van der Waals surface area contributed by atoms with Crippen molar-refractivity contribution in [2.75, 3.05) is 11.9 Å². The maximum atomic E-state index is 13.6. The second-order valence-electron chi connectivity index (χ2n) is 7.66. The van der Waals surface area contributed by atoms with Crippen LogP contribution in [-0.4, -0.2) is 22.5 Å². The first-order valence-electron chi connectivity index (χ1n) is 10.2. The summed E-state index contributed by atoms with van der Waals surface area (Å²) in [6.07, 6.45) is 1.46. The largest absolute Gasteiger partial charge is 0.438 e. The molecule has 5 rings (SSSR count). The van der Waals surface area contributed by atoms with E-state index in [2.05, 4.69) is 10.3 Å². The van der Waals surface area contributed by atoms with Crippen molar-refractivity contribution in [2.45, 2.75) is 18.9 Å². The van der Waals surface area contributed by atoms with E-state index in [0.717, 1.165) is 18.6 Å². The number of rotatable bonds is 3. The van der Waals surface area contributed by atoms with Crippen molar-refractivity contribution in [3.8, 4) is 11.1 Å². The van der Waals surface area contributed by atoms with Crippen LogP contribution in [0, 0.1) is 17.5 Å². The standard InChI is InChI=1S/C24H18F3N3O2/c25-16-3-1-4-17(13-16)28-24(31)30-10-2-5-21(30)23-29-20-12-15(7-9-22(20)32-23)14-6-8-18(26)19(27)11-14/h1,3-4,6-9,11-13,21H,2,5,10H2,(H,28,31)/t21-/m1/s1. The van der Waals surface area contributed by atoms with E-state index >= 15 is 0 Å². The lowest BCUT2D eigenvalue weighted by atomic mass is 10.1. The fraction of sp³-hybridized carbons (Fsp3) is 0.167. The number of likely N-dealkylation sites (tertiary alicyclic amines) is 1. The summed E-state index contributed by atoms with van der Waals surface area (Å²) < 4.78 is 46.2. The third kappa shape index (κ3) is 3.79. The molecule has 1 N–H and O–H groups in total. The maximum absolute atomic E-state index is 13.6.